The minimum Gasteiger partial charge on any atom is -0.394 e. The lowest BCUT2D eigenvalue weighted by atomic mass is 10.3. The normalized spacial score (nSPS) is 18.4. The van der Waals surface area contributed by atoms with Crippen LogP contribution in [0.2, 0.25) is 0 Å². The third kappa shape index (κ3) is 6.32. The molecule has 0 aliphatic heterocycles. The van der Waals surface area contributed by atoms with E-state index < -0.39 is 6.10 Å². The third-order valence-electron chi connectivity index (χ3n) is 2.28. The van der Waals surface area contributed by atoms with E-state index in [1.165, 1.54) is 12.8 Å². The fourth-order valence-electron chi connectivity index (χ4n) is 1.17. The van der Waals surface area contributed by atoms with E-state index in [0.717, 1.165) is 32.1 Å². The Kier molecular flexibility index (Phi) is 6.10. The highest BCUT2D eigenvalue weighted by molar-refractivity contribution is 4.71. The zero-order valence-electron chi connectivity index (χ0n) is 8.61. The van der Waals surface area contributed by atoms with Crippen LogP contribution in [0.3, 0.4) is 0 Å². The van der Waals surface area contributed by atoms with Gasteiger partial charge < -0.3 is 20.3 Å². The fourth-order valence-corrected chi connectivity index (χ4v) is 1.17. The molecule has 0 saturated heterocycles. The first-order chi connectivity index (χ1) is 6.83. The summed E-state index contributed by atoms with van der Waals surface area (Å²) in [5.74, 6) is 0.833. The SMILES string of the molecule is OCC(O)CNCCCOCC1CC1. The molecule has 1 fully saturated rings. The molecule has 0 spiro atoms. The number of hydrogen-bond acceptors (Lipinski definition) is 4. The van der Waals surface area contributed by atoms with Crippen molar-refractivity contribution in [3.63, 3.8) is 0 Å². The van der Waals surface area contributed by atoms with Gasteiger partial charge in [-0.1, -0.05) is 0 Å². The van der Waals surface area contributed by atoms with Gasteiger partial charge in [-0.05, 0) is 31.7 Å². The Morgan fingerprint density at radius 2 is 2.21 bits per heavy atom. The lowest BCUT2D eigenvalue weighted by Gasteiger charge is -2.08. The molecule has 0 amide bonds. The summed E-state index contributed by atoms with van der Waals surface area (Å²) in [4.78, 5) is 0. The summed E-state index contributed by atoms with van der Waals surface area (Å²) >= 11 is 0. The van der Waals surface area contributed by atoms with E-state index in [1.54, 1.807) is 0 Å². The van der Waals surface area contributed by atoms with E-state index in [0.29, 0.717) is 6.54 Å². The molecule has 0 aromatic carbocycles. The average Bonchev–Trinajstić information content (AvgIpc) is 2.99. The maximum atomic E-state index is 9.00. The summed E-state index contributed by atoms with van der Waals surface area (Å²) in [6.45, 7) is 2.82. The van der Waals surface area contributed by atoms with E-state index >= 15 is 0 Å². The zero-order chi connectivity index (χ0) is 10.2. The molecule has 4 nitrogen and oxygen atoms in total. The van der Waals surface area contributed by atoms with Gasteiger partial charge in [0.25, 0.3) is 0 Å². The van der Waals surface area contributed by atoms with Gasteiger partial charge in [0.05, 0.1) is 12.7 Å². The van der Waals surface area contributed by atoms with Gasteiger partial charge in [-0.3, -0.25) is 0 Å². The third-order valence-corrected chi connectivity index (χ3v) is 2.28. The van der Waals surface area contributed by atoms with Crippen LogP contribution in [-0.2, 0) is 4.74 Å². The Labute approximate surface area is 85.3 Å². The van der Waals surface area contributed by atoms with Gasteiger partial charge in [0.2, 0.25) is 0 Å². The van der Waals surface area contributed by atoms with Crippen molar-refractivity contribution >= 4 is 0 Å². The molecular formula is C10H21NO3. The van der Waals surface area contributed by atoms with E-state index in [2.05, 4.69) is 5.32 Å². The molecule has 0 aromatic heterocycles. The number of ether oxygens (including phenoxy) is 1. The molecule has 4 heteroatoms. The zero-order valence-corrected chi connectivity index (χ0v) is 8.61. The number of aliphatic hydroxyl groups excluding tert-OH is 2. The van der Waals surface area contributed by atoms with E-state index in [9.17, 15) is 0 Å². The summed E-state index contributed by atoms with van der Waals surface area (Å²) < 4.78 is 5.44. The highest BCUT2D eigenvalue weighted by atomic mass is 16.5. The second-order valence-corrected chi connectivity index (χ2v) is 3.91. The van der Waals surface area contributed by atoms with Gasteiger partial charge in [-0.25, -0.2) is 0 Å². The Hall–Kier alpha value is -0.160. The molecular weight excluding hydrogens is 182 g/mol. The first-order valence-electron chi connectivity index (χ1n) is 5.40. The van der Waals surface area contributed by atoms with E-state index in [4.69, 9.17) is 14.9 Å². The van der Waals surface area contributed by atoms with Gasteiger partial charge in [-0.2, -0.15) is 0 Å². The lowest BCUT2D eigenvalue weighted by Crippen LogP contribution is -2.30. The first kappa shape index (κ1) is 11.9. The monoisotopic (exact) mass is 203 g/mol. The molecule has 0 radical (unpaired) electrons. The van der Waals surface area contributed by atoms with Crippen molar-refractivity contribution in [3.05, 3.63) is 0 Å². The number of nitrogens with one attached hydrogen (secondary N) is 1. The summed E-state index contributed by atoms with van der Waals surface area (Å²) in [7, 11) is 0. The van der Waals surface area contributed by atoms with Crippen LogP contribution < -0.4 is 5.32 Å². The molecule has 0 bridgehead atoms. The maximum absolute atomic E-state index is 9.00. The van der Waals surface area contributed by atoms with Gasteiger partial charge in [0.15, 0.2) is 0 Å². The Morgan fingerprint density at radius 3 is 2.86 bits per heavy atom. The largest absolute Gasteiger partial charge is 0.394 e. The molecule has 1 aliphatic carbocycles. The van der Waals surface area contributed by atoms with Gasteiger partial charge >= 0.3 is 0 Å². The summed E-state index contributed by atoms with van der Waals surface area (Å²) in [5, 5.41) is 20.6. The van der Waals surface area contributed by atoms with E-state index in [-0.39, 0.29) is 6.61 Å². The maximum Gasteiger partial charge on any atom is 0.0894 e. The van der Waals surface area contributed by atoms with Crippen molar-refractivity contribution in [2.75, 3.05) is 32.9 Å². The van der Waals surface area contributed by atoms with Crippen molar-refractivity contribution < 1.29 is 14.9 Å². The van der Waals surface area contributed by atoms with E-state index in [1.807, 2.05) is 0 Å². The van der Waals surface area contributed by atoms with Crippen LogP contribution in [0, 0.1) is 5.92 Å². The van der Waals surface area contributed by atoms with Crippen LogP contribution in [-0.4, -0.2) is 49.2 Å². The Morgan fingerprint density at radius 1 is 1.43 bits per heavy atom. The highest BCUT2D eigenvalue weighted by Crippen LogP contribution is 2.28. The molecule has 1 rings (SSSR count). The molecule has 0 heterocycles. The number of rotatable bonds is 9. The summed E-state index contributed by atoms with van der Waals surface area (Å²) in [5.41, 5.74) is 0. The number of aliphatic hydroxyl groups is 2. The van der Waals surface area contributed by atoms with Crippen LogP contribution in [0.15, 0.2) is 0 Å². The van der Waals surface area contributed by atoms with Crippen LogP contribution in [0.1, 0.15) is 19.3 Å². The molecule has 1 unspecified atom stereocenters. The van der Waals surface area contributed by atoms with Crippen molar-refractivity contribution in [1.29, 1.82) is 0 Å². The van der Waals surface area contributed by atoms with Crippen molar-refractivity contribution in [2.45, 2.75) is 25.4 Å². The average molecular weight is 203 g/mol. The Balaban J connectivity index is 1.70. The van der Waals surface area contributed by atoms with Crippen LogP contribution in [0.5, 0.6) is 0 Å². The molecule has 1 saturated carbocycles. The van der Waals surface area contributed by atoms with Crippen molar-refractivity contribution in [2.24, 2.45) is 5.92 Å². The highest BCUT2D eigenvalue weighted by Gasteiger charge is 2.20. The first-order valence-corrected chi connectivity index (χ1v) is 5.40. The lowest BCUT2D eigenvalue weighted by molar-refractivity contribution is 0.0920. The van der Waals surface area contributed by atoms with Gasteiger partial charge in [0.1, 0.15) is 0 Å². The van der Waals surface area contributed by atoms with Crippen LogP contribution >= 0.6 is 0 Å². The molecule has 84 valence electrons. The van der Waals surface area contributed by atoms with Crippen LogP contribution in [0.25, 0.3) is 0 Å². The quantitative estimate of drug-likeness (QED) is 0.452. The van der Waals surface area contributed by atoms with Crippen molar-refractivity contribution in [1.82, 2.24) is 5.32 Å². The second-order valence-electron chi connectivity index (χ2n) is 3.91. The Bertz CT molecular complexity index is 139. The molecule has 0 aromatic rings. The minimum atomic E-state index is -0.637. The van der Waals surface area contributed by atoms with Crippen LogP contribution in [0.4, 0.5) is 0 Å². The second kappa shape index (κ2) is 7.17. The van der Waals surface area contributed by atoms with Gasteiger partial charge in [0, 0.05) is 19.8 Å². The molecule has 1 aliphatic rings. The standard InChI is InChI=1S/C10H21NO3/c12-7-10(13)6-11-4-1-5-14-8-9-2-3-9/h9-13H,1-8H2. The minimum absolute atomic E-state index is 0.175. The molecule has 14 heavy (non-hydrogen) atoms. The van der Waals surface area contributed by atoms with Gasteiger partial charge in [-0.15, -0.1) is 0 Å². The predicted molar refractivity (Wildman–Crippen MR) is 54.1 cm³/mol. The van der Waals surface area contributed by atoms with Crippen molar-refractivity contribution in [3.8, 4) is 0 Å². The molecule has 1 atom stereocenters. The summed E-state index contributed by atoms with van der Waals surface area (Å²) in [6.07, 6.45) is 3.00. The topological polar surface area (TPSA) is 61.7 Å². The fraction of sp³-hybridized carbons (Fsp3) is 1.00. The predicted octanol–water partition coefficient (Wildman–Crippen LogP) is -0.254. The molecule has 3 N–H and O–H groups in total. The smallest absolute Gasteiger partial charge is 0.0894 e. The number of hydrogen-bond donors (Lipinski definition) is 3. The summed E-state index contributed by atoms with van der Waals surface area (Å²) in [6, 6.07) is 0.